The number of fused-ring (bicyclic) bond motifs is 1. The van der Waals surface area contributed by atoms with E-state index in [-0.39, 0.29) is 12.1 Å². The number of benzene rings is 2. The minimum Gasteiger partial charge on any atom is -0.378 e. The predicted octanol–water partition coefficient (Wildman–Crippen LogP) is 4.18. The Morgan fingerprint density at radius 1 is 1.15 bits per heavy atom. The predicted molar refractivity (Wildman–Crippen MR) is 145 cm³/mol. The molecule has 1 aliphatic rings. The minimum atomic E-state index is -4.09. The molecule has 1 saturated heterocycles. The summed E-state index contributed by atoms with van der Waals surface area (Å²) in [4.78, 5) is 23.0. The van der Waals surface area contributed by atoms with Crippen LogP contribution in [0.5, 0.6) is 0 Å². The third-order valence-corrected chi connectivity index (χ3v) is 8.30. The molecule has 0 amide bonds. The summed E-state index contributed by atoms with van der Waals surface area (Å²) in [6.07, 6.45) is 3.00. The first-order valence-electron chi connectivity index (χ1n) is 12.4. The van der Waals surface area contributed by atoms with E-state index in [4.69, 9.17) is 4.74 Å². The van der Waals surface area contributed by atoms with E-state index in [2.05, 4.69) is 19.6 Å². The first-order valence-corrected chi connectivity index (χ1v) is 13.8. The maximum Gasteiger partial charge on any atom is 0.301 e. The number of nitrogens with one attached hydrogen (secondary N) is 2. The average Bonchev–Trinajstić information content (AvgIpc) is 3.38. The van der Waals surface area contributed by atoms with Crippen LogP contribution in [0.2, 0.25) is 0 Å². The van der Waals surface area contributed by atoms with Gasteiger partial charge in [-0.15, -0.1) is 0 Å². The maximum atomic E-state index is 15.4. The summed E-state index contributed by atoms with van der Waals surface area (Å²) >= 11 is 0. The van der Waals surface area contributed by atoms with E-state index in [0.717, 1.165) is 46.3 Å². The molecule has 4 aromatic rings. The van der Waals surface area contributed by atoms with Crippen molar-refractivity contribution in [2.45, 2.75) is 6.92 Å². The highest BCUT2D eigenvalue weighted by Gasteiger charge is 2.27. The Morgan fingerprint density at radius 2 is 1.92 bits per heavy atom. The van der Waals surface area contributed by atoms with E-state index < -0.39 is 38.9 Å². The first kappa shape index (κ1) is 26.7. The van der Waals surface area contributed by atoms with Gasteiger partial charge < -0.3 is 14.6 Å². The number of morpholine rings is 1. The smallest absolute Gasteiger partial charge is 0.301 e. The van der Waals surface area contributed by atoms with Gasteiger partial charge >= 0.3 is 10.2 Å². The van der Waals surface area contributed by atoms with E-state index >= 15 is 4.39 Å². The second-order valence-corrected chi connectivity index (χ2v) is 10.9. The van der Waals surface area contributed by atoms with Gasteiger partial charge in [-0.25, -0.2) is 13.8 Å². The van der Waals surface area contributed by atoms with Crippen LogP contribution in [0.3, 0.4) is 0 Å². The van der Waals surface area contributed by atoms with Gasteiger partial charge in [0, 0.05) is 61.3 Å². The molecule has 12 heteroatoms. The molecule has 9 nitrogen and oxygen atoms in total. The number of H-pyrrole nitrogens is 1. The Bertz CT molecular complexity index is 1650. The van der Waals surface area contributed by atoms with Gasteiger partial charge in [0.15, 0.2) is 5.82 Å². The highest BCUT2D eigenvalue weighted by atomic mass is 32.2. The Kier molecular flexibility index (Phi) is 7.34. The largest absolute Gasteiger partial charge is 0.378 e. The lowest BCUT2D eigenvalue weighted by atomic mass is 9.99. The molecule has 0 bridgehead atoms. The number of ether oxygens (including phenoxy) is 1. The average molecular weight is 556 g/mol. The van der Waals surface area contributed by atoms with Gasteiger partial charge in [0.1, 0.15) is 11.5 Å². The number of carbonyl (C=O) groups excluding carboxylic acids is 1. The molecule has 2 aromatic heterocycles. The lowest BCUT2D eigenvalue weighted by molar-refractivity contribution is 0.103. The van der Waals surface area contributed by atoms with Crippen molar-refractivity contribution in [1.29, 1.82) is 0 Å². The molecular formula is C27H27F2N5O4S. The fourth-order valence-electron chi connectivity index (χ4n) is 4.41. The quantitative estimate of drug-likeness (QED) is 0.316. The number of hydrogen-bond donors (Lipinski definition) is 2. The standard InChI is InChI=1S/C27H27F2N5O4S/c1-3-33(2)39(36,37)32-23-8-7-22(28)24(25(23)29)26(35)21-16-31-27-20(21)14-18(15-30-27)17-5-4-6-19(13-17)34-9-11-38-12-10-34/h4-8,13-16,32H,3,9-12H2,1-2H3,(H,30,31). The van der Waals surface area contributed by atoms with E-state index in [0.29, 0.717) is 24.2 Å². The van der Waals surface area contributed by atoms with Crippen molar-refractivity contribution in [3.63, 3.8) is 0 Å². The molecule has 39 heavy (non-hydrogen) atoms. The van der Waals surface area contributed by atoms with Crippen LogP contribution in [0, 0.1) is 11.6 Å². The second-order valence-electron chi connectivity index (χ2n) is 9.11. The third-order valence-electron chi connectivity index (χ3n) is 6.74. The van der Waals surface area contributed by atoms with E-state index in [9.17, 15) is 17.6 Å². The fourth-order valence-corrected chi connectivity index (χ4v) is 5.35. The number of aromatic amines is 1. The number of aromatic nitrogens is 2. The van der Waals surface area contributed by atoms with Gasteiger partial charge in [0.25, 0.3) is 0 Å². The molecule has 1 fully saturated rings. The van der Waals surface area contributed by atoms with E-state index in [1.54, 1.807) is 19.2 Å². The normalized spacial score (nSPS) is 14.2. The molecule has 0 aliphatic carbocycles. The van der Waals surface area contributed by atoms with Gasteiger partial charge in [-0.2, -0.15) is 12.7 Å². The van der Waals surface area contributed by atoms with E-state index in [1.807, 2.05) is 24.3 Å². The number of anilines is 2. The maximum absolute atomic E-state index is 15.4. The van der Waals surface area contributed by atoms with Crippen molar-refractivity contribution < 1.29 is 26.7 Å². The number of rotatable bonds is 8. The second kappa shape index (κ2) is 10.7. The van der Waals surface area contributed by atoms with Crippen molar-refractivity contribution in [1.82, 2.24) is 14.3 Å². The van der Waals surface area contributed by atoms with Crippen LogP contribution in [0.15, 0.2) is 54.9 Å². The number of pyridine rings is 1. The van der Waals surface area contributed by atoms with Crippen molar-refractivity contribution in [2.24, 2.45) is 0 Å². The molecule has 2 aromatic carbocycles. The summed E-state index contributed by atoms with van der Waals surface area (Å²) in [6, 6.07) is 11.4. The Balaban J connectivity index is 1.51. The molecule has 0 atom stereocenters. The Hall–Kier alpha value is -3.87. The first-order chi connectivity index (χ1) is 18.7. The lowest BCUT2D eigenvalue weighted by Crippen LogP contribution is -2.36. The van der Waals surface area contributed by atoms with Crippen LogP contribution in [0.1, 0.15) is 22.8 Å². The molecule has 0 spiro atoms. The van der Waals surface area contributed by atoms with Gasteiger partial charge in [-0.1, -0.05) is 19.1 Å². The Morgan fingerprint density at radius 3 is 2.67 bits per heavy atom. The van der Waals surface area contributed by atoms with Crippen molar-refractivity contribution in [2.75, 3.05) is 49.5 Å². The van der Waals surface area contributed by atoms with Crippen molar-refractivity contribution in [3.8, 4) is 11.1 Å². The summed E-state index contributed by atoms with van der Waals surface area (Å²) in [7, 11) is -2.79. The van der Waals surface area contributed by atoms with Crippen molar-refractivity contribution >= 4 is 38.4 Å². The number of halogens is 2. The molecule has 0 radical (unpaired) electrons. The minimum absolute atomic E-state index is 0.00664. The van der Waals surface area contributed by atoms with Gasteiger partial charge in [0.05, 0.1) is 24.5 Å². The molecule has 3 heterocycles. The SMILES string of the molecule is CCN(C)S(=O)(=O)Nc1ccc(F)c(C(=O)c2c[nH]c3ncc(-c4cccc(N5CCOCC5)c4)cc23)c1F. The van der Waals surface area contributed by atoms with Crippen LogP contribution >= 0.6 is 0 Å². The highest BCUT2D eigenvalue weighted by molar-refractivity contribution is 7.90. The molecule has 204 valence electrons. The molecular weight excluding hydrogens is 528 g/mol. The zero-order valence-corrected chi connectivity index (χ0v) is 22.2. The molecule has 5 rings (SSSR count). The molecule has 0 unspecified atom stereocenters. The van der Waals surface area contributed by atoms with Crippen LogP contribution < -0.4 is 9.62 Å². The number of nitrogens with zero attached hydrogens (tertiary/aromatic N) is 3. The molecule has 0 saturated carbocycles. The van der Waals surface area contributed by atoms with Gasteiger partial charge in [-0.05, 0) is 35.9 Å². The fraction of sp³-hybridized carbons (Fsp3) is 0.259. The van der Waals surface area contributed by atoms with Crippen molar-refractivity contribution in [3.05, 3.63) is 77.6 Å². The molecule has 2 N–H and O–H groups in total. The number of ketones is 1. The third kappa shape index (κ3) is 5.22. The topological polar surface area (TPSA) is 108 Å². The van der Waals surface area contributed by atoms with Crippen LogP contribution in [-0.4, -0.2) is 68.4 Å². The van der Waals surface area contributed by atoms with E-state index in [1.165, 1.54) is 13.2 Å². The molecule has 1 aliphatic heterocycles. The zero-order chi connectivity index (χ0) is 27.7. The summed E-state index contributed by atoms with van der Waals surface area (Å²) in [5.41, 5.74) is 1.59. The number of carbonyl (C=O) groups is 1. The zero-order valence-electron chi connectivity index (χ0n) is 21.4. The van der Waals surface area contributed by atoms with Crippen LogP contribution in [0.25, 0.3) is 22.2 Å². The summed E-state index contributed by atoms with van der Waals surface area (Å²) in [5, 5.41) is 0.379. The number of hydrogen-bond acceptors (Lipinski definition) is 6. The summed E-state index contributed by atoms with van der Waals surface area (Å²) in [5.74, 6) is -3.35. The van der Waals surface area contributed by atoms with Gasteiger partial charge in [-0.3, -0.25) is 9.52 Å². The monoisotopic (exact) mass is 555 g/mol. The van der Waals surface area contributed by atoms with Crippen LogP contribution in [-0.2, 0) is 14.9 Å². The summed E-state index contributed by atoms with van der Waals surface area (Å²) in [6.45, 7) is 4.59. The Labute approximate surface area is 224 Å². The lowest BCUT2D eigenvalue weighted by Gasteiger charge is -2.29. The summed E-state index contributed by atoms with van der Waals surface area (Å²) < 4.78 is 63.5. The highest BCUT2D eigenvalue weighted by Crippen LogP contribution is 2.31. The van der Waals surface area contributed by atoms with Crippen LogP contribution in [0.4, 0.5) is 20.2 Å². The van der Waals surface area contributed by atoms with Gasteiger partial charge in [0.2, 0.25) is 5.78 Å².